The molecule has 1 N–H and O–H groups in total. The van der Waals surface area contributed by atoms with Crippen molar-refractivity contribution in [1.29, 1.82) is 0 Å². The Morgan fingerprint density at radius 3 is 2.63 bits per heavy atom. The fraction of sp³-hybridized carbons (Fsp3) is 0.800. The van der Waals surface area contributed by atoms with Crippen LogP contribution in [0.3, 0.4) is 0 Å². The van der Waals surface area contributed by atoms with Gasteiger partial charge in [-0.3, -0.25) is 9.67 Å². The van der Waals surface area contributed by atoms with Crippen molar-refractivity contribution in [2.75, 3.05) is 32.8 Å². The summed E-state index contributed by atoms with van der Waals surface area (Å²) in [6.07, 6.45) is 12.1. The van der Waals surface area contributed by atoms with Crippen molar-refractivity contribution < 1.29 is 4.74 Å². The van der Waals surface area contributed by atoms with Gasteiger partial charge in [-0.1, -0.05) is 12.8 Å². The molecule has 154 valence electrons. The molecule has 3 rings (SSSR count). The van der Waals surface area contributed by atoms with Crippen LogP contribution in [0.4, 0.5) is 0 Å². The third-order valence-corrected chi connectivity index (χ3v) is 5.47. The number of aliphatic imine (C=N–C) groups is 1. The van der Waals surface area contributed by atoms with Gasteiger partial charge in [0.2, 0.25) is 0 Å². The Bertz CT molecular complexity index is 562. The lowest BCUT2D eigenvalue weighted by atomic mass is 10.1. The topological polar surface area (TPSA) is 54.7 Å². The van der Waals surface area contributed by atoms with Gasteiger partial charge in [-0.05, 0) is 51.0 Å². The minimum atomic E-state index is 0. The van der Waals surface area contributed by atoms with E-state index in [9.17, 15) is 0 Å². The van der Waals surface area contributed by atoms with Crippen LogP contribution in [0.1, 0.15) is 51.0 Å². The molecule has 1 saturated carbocycles. The summed E-state index contributed by atoms with van der Waals surface area (Å²) in [7, 11) is 0. The van der Waals surface area contributed by atoms with Crippen LogP contribution in [0.15, 0.2) is 17.4 Å². The van der Waals surface area contributed by atoms with Gasteiger partial charge >= 0.3 is 0 Å². The third kappa shape index (κ3) is 7.25. The number of aromatic nitrogens is 2. The molecule has 27 heavy (non-hydrogen) atoms. The first kappa shape index (κ1) is 22.5. The van der Waals surface area contributed by atoms with Crippen LogP contribution < -0.4 is 5.32 Å². The summed E-state index contributed by atoms with van der Waals surface area (Å²) in [6.45, 7) is 9.70. The number of ether oxygens (including phenoxy) is 1. The van der Waals surface area contributed by atoms with Gasteiger partial charge in [0.25, 0.3) is 0 Å². The number of hydrogen-bond donors (Lipinski definition) is 1. The molecular formula is C20H36IN5O. The van der Waals surface area contributed by atoms with E-state index in [4.69, 9.17) is 9.73 Å². The number of rotatable bonds is 7. The molecule has 7 heteroatoms. The second-order valence-corrected chi connectivity index (χ2v) is 7.69. The monoisotopic (exact) mass is 489 g/mol. The number of nitrogens with zero attached hydrogens (tertiary/aromatic N) is 4. The number of piperidine rings is 1. The van der Waals surface area contributed by atoms with E-state index < -0.39 is 0 Å². The number of halogens is 1. The molecule has 0 atom stereocenters. The van der Waals surface area contributed by atoms with E-state index in [0.717, 1.165) is 64.0 Å². The minimum Gasteiger partial charge on any atom is -0.378 e. The fourth-order valence-electron chi connectivity index (χ4n) is 3.96. The zero-order valence-electron chi connectivity index (χ0n) is 16.9. The van der Waals surface area contributed by atoms with Gasteiger partial charge in [0.05, 0.1) is 25.4 Å². The maximum Gasteiger partial charge on any atom is 0.193 e. The maximum atomic E-state index is 6.20. The van der Waals surface area contributed by atoms with Crippen molar-refractivity contribution in [2.45, 2.75) is 65.0 Å². The first-order valence-corrected chi connectivity index (χ1v) is 10.4. The Morgan fingerprint density at radius 1 is 1.26 bits per heavy atom. The van der Waals surface area contributed by atoms with E-state index >= 15 is 0 Å². The lowest BCUT2D eigenvalue weighted by Crippen LogP contribution is -2.47. The van der Waals surface area contributed by atoms with Crippen LogP contribution in [0.2, 0.25) is 0 Å². The normalized spacial score (nSPS) is 19.3. The zero-order chi connectivity index (χ0) is 18.2. The second-order valence-electron chi connectivity index (χ2n) is 7.69. The van der Waals surface area contributed by atoms with Crippen LogP contribution in [0.25, 0.3) is 0 Å². The molecule has 0 unspecified atom stereocenters. The van der Waals surface area contributed by atoms with Crippen molar-refractivity contribution in [2.24, 2.45) is 10.9 Å². The number of aryl methyl sites for hydroxylation is 1. The summed E-state index contributed by atoms with van der Waals surface area (Å²) >= 11 is 0. The molecule has 0 radical (unpaired) electrons. The highest BCUT2D eigenvalue weighted by Gasteiger charge is 2.23. The van der Waals surface area contributed by atoms with Crippen molar-refractivity contribution in [3.8, 4) is 0 Å². The van der Waals surface area contributed by atoms with Crippen molar-refractivity contribution in [3.63, 3.8) is 0 Å². The zero-order valence-corrected chi connectivity index (χ0v) is 19.2. The molecule has 1 aliphatic carbocycles. The highest BCUT2D eigenvalue weighted by molar-refractivity contribution is 14.0. The molecule has 2 aliphatic rings. The minimum absolute atomic E-state index is 0. The lowest BCUT2D eigenvalue weighted by molar-refractivity contribution is 0.00101. The SMILES string of the molecule is CCNC(=NCCn1cc(C)cn1)N1CCC(OCC2CCCC2)CC1.I. The molecule has 0 aromatic carbocycles. The highest BCUT2D eigenvalue weighted by atomic mass is 127. The summed E-state index contributed by atoms with van der Waals surface area (Å²) in [4.78, 5) is 7.19. The van der Waals surface area contributed by atoms with E-state index in [1.807, 2.05) is 10.9 Å². The average molecular weight is 489 g/mol. The first-order valence-electron chi connectivity index (χ1n) is 10.4. The summed E-state index contributed by atoms with van der Waals surface area (Å²) < 4.78 is 8.16. The van der Waals surface area contributed by atoms with Gasteiger partial charge in [-0.25, -0.2) is 0 Å². The van der Waals surface area contributed by atoms with Gasteiger partial charge in [0.15, 0.2) is 5.96 Å². The van der Waals surface area contributed by atoms with Gasteiger partial charge < -0.3 is 15.0 Å². The van der Waals surface area contributed by atoms with E-state index in [-0.39, 0.29) is 24.0 Å². The van der Waals surface area contributed by atoms with Crippen LogP contribution in [0, 0.1) is 12.8 Å². The predicted octanol–water partition coefficient (Wildman–Crippen LogP) is 3.45. The summed E-state index contributed by atoms with van der Waals surface area (Å²) in [5.74, 6) is 1.85. The smallest absolute Gasteiger partial charge is 0.193 e. The van der Waals surface area contributed by atoms with E-state index in [0.29, 0.717) is 6.10 Å². The van der Waals surface area contributed by atoms with Crippen LogP contribution in [-0.2, 0) is 11.3 Å². The Morgan fingerprint density at radius 2 is 2.00 bits per heavy atom. The van der Waals surface area contributed by atoms with Crippen LogP contribution in [0.5, 0.6) is 0 Å². The second kappa shape index (κ2) is 11.9. The molecule has 0 spiro atoms. The molecule has 2 heterocycles. The summed E-state index contributed by atoms with van der Waals surface area (Å²) in [5.41, 5.74) is 1.19. The van der Waals surface area contributed by atoms with E-state index in [2.05, 4.69) is 35.4 Å². The molecule has 0 amide bonds. The Kier molecular flexibility index (Phi) is 9.89. The molecule has 6 nitrogen and oxygen atoms in total. The number of likely N-dealkylation sites (tertiary alicyclic amines) is 1. The van der Waals surface area contributed by atoms with Gasteiger partial charge in [0.1, 0.15) is 0 Å². The maximum absolute atomic E-state index is 6.20. The molecular weight excluding hydrogens is 453 g/mol. The van der Waals surface area contributed by atoms with Gasteiger partial charge in [0, 0.05) is 32.4 Å². The first-order chi connectivity index (χ1) is 12.7. The molecule has 0 bridgehead atoms. The van der Waals surface area contributed by atoms with Crippen LogP contribution >= 0.6 is 24.0 Å². The molecule has 1 aromatic heterocycles. The molecule has 2 fully saturated rings. The van der Waals surface area contributed by atoms with Crippen molar-refractivity contribution >= 4 is 29.9 Å². The quantitative estimate of drug-likeness (QED) is 0.362. The number of guanidine groups is 1. The number of nitrogens with one attached hydrogen (secondary N) is 1. The van der Waals surface area contributed by atoms with E-state index in [1.165, 1.54) is 31.2 Å². The molecule has 1 aliphatic heterocycles. The number of hydrogen-bond acceptors (Lipinski definition) is 3. The Labute approximate surface area is 181 Å². The molecule has 1 aromatic rings. The summed E-state index contributed by atoms with van der Waals surface area (Å²) in [5, 5.41) is 7.77. The van der Waals surface area contributed by atoms with Crippen LogP contribution in [-0.4, -0.2) is 59.5 Å². The van der Waals surface area contributed by atoms with Gasteiger partial charge in [-0.15, -0.1) is 24.0 Å². The standard InChI is InChI=1S/C20H35N5O.HI/c1-3-21-20(22-10-13-25-15-17(2)14-23-25)24-11-8-19(9-12-24)26-16-18-6-4-5-7-18;/h14-15,18-19H,3-13,16H2,1-2H3,(H,21,22);1H. The third-order valence-electron chi connectivity index (χ3n) is 5.47. The highest BCUT2D eigenvalue weighted by Crippen LogP contribution is 2.26. The average Bonchev–Trinajstić information content (AvgIpc) is 3.31. The van der Waals surface area contributed by atoms with E-state index in [1.54, 1.807) is 0 Å². The predicted molar refractivity (Wildman–Crippen MR) is 121 cm³/mol. The summed E-state index contributed by atoms with van der Waals surface area (Å²) in [6, 6.07) is 0. The fourth-order valence-corrected chi connectivity index (χ4v) is 3.96. The lowest BCUT2D eigenvalue weighted by Gasteiger charge is -2.34. The van der Waals surface area contributed by atoms with Crippen molar-refractivity contribution in [3.05, 3.63) is 18.0 Å². The van der Waals surface area contributed by atoms with Crippen molar-refractivity contribution in [1.82, 2.24) is 20.0 Å². The Balaban J connectivity index is 0.00000261. The Hall–Kier alpha value is -0.830. The van der Waals surface area contributed by atoms with Gasteiger partial charge in [-0.2, -0.15) is 5.10 Å². The molecule has 1 saturated heterocycles. The largest absolute Gasteiger partial charge is 0.378 e.